The van der Waals surface area contributed by atoms with Crippen LogP contribution < -0.4 is 0 Å². The molecule has 1 fully saturated rings. The smallest absolute Gasteiger partial charge is 0.147 e. The van der Waals surface area contributed by atoms with Gasteiger partial charge in [-0.2, -0.15) is 0 Å². The van der Waals surface area contributed by atoms with E-state index in [1.54, 1.807) is 6.07 Å². The van der Waals surface area contributed by atoms with Gasteiger partial charge >= 0.3 is 0 Å². The van der Waals surface area contributed by atoms with Crippen LogP contribution in [0.5, 0.6) is 0 Å². The summed E-state index contributed by atoms with van der Waals surface area (Å²) in [7, 11) is 0. The Balaban J connectivity index is 2.11. The molecule has 0 amide bonds. The average Bonchev–Trinajstić information content (AvgIpc) is 2.75. The summed E-state index contributed by atoms with van der Waals surface area (Å²) in [4.78, 5) is 0. The van der Waals surface area contributed by atoms with Crippen LogP contribution >= 0.6 is 0 Å². The maximum Gasteiger partial charge on any atom is 0.147 e. The first-order valence-electron chi connectivity index (χ1n) is 6.60. The zero-order valence-electron chi connectivity index (χ0n) is 11.1. The van der Waals surface area contributed by atoms with Crippen LogP contribution in [0.2, 0.25) is 0 Å². The molecule has 1 aliphatic heterocycles. The van der Waals surface area contributed by atoms with Gasteiger partial charge in [0.2, 0.25) is 0 Å². The average molecular weight is 273 g/mol. The first-order chi connectivity index (χ1) is 9.54. The molecule has 2 aromatic carbocycles. The van der Waals surface area contributed by atoms with E-state index in [9.17, 15) is 15.3 Å². The Bertz CT molecular complexity index is 619. The van der Waals surface area contributed by atoms with Crippen molar-refractivity contribution in [2.45, 2.75) is 30.8 Å². The molecule has 3 N–H and O–H groups in total. The molecular formula is C16H17O4. The standard InChI is InChI=1S/C16H17O4/c1-10(17)14-15(18)16(19,9-20-14)13-8-4-6-11-5-2-3-7-12(11)13/h2-10,14-15,17-19H,1H3/t10?,14-,15-,16-/m1/s1. The van der Waals surface area contributed by atoms with E-state index in [2.05, 4.69) is 0 Å². The van der Waals surface area contributed by atoms with Gasteiger partial charge in [0.1, 0.15) is 24.4 Å². The molecule has 0 saturated carbocycles. The number of benzene rings is 2. The Hall–Kier alpha value is -1.46. The van der Waals surface area contributed by atoms with Gasteiger partial charge in [-0.05, 0) is 23.3 Å². The lowest BCUT2D eigenvalue weighted by Crippen LogP contribution is -2.43. The number of rotatable bonds is 2. The van der Waals surface area contributed by atoms with Crippen LogP contribution in [-0.4, -0.2) is 33.6 Å². The number of hydrogen-bond donors (Lipinski definition) is 3. The van der Waals surface area contributed by atoms with Gasteiger partial charge in [0.15, 0.2) is 0 Å². The fourth-order valence-corrected chi connectivity index (χ4v) is 2.75. The van der Waals surface area contributed by atoms with Crippen LogP contribution in [0.1, 0.15) is 12.5 Å². The van der Waals surface area contributed by atoms with Crippen molar-refractivity contribution in [2.24, 2.45) is 0 Å². The first kappa shape index (κ1) is 13.5. The Morgan fingerprint density at radius 1 is 1.15 bits per heavy atom. The van der Waals surface area contributed by atoms with Gasteiger partial charge in [0.05, 0.1) is 6.10 Å². The number of fused-ring (bicyclic) bond motifs is 1. The molecule has 0 aliphatic carbocycles. The van der Waals surface area contributed by atoms with Crippen molar-refractivity contribution in [3.63, 3.8) is 0 Å². The lowest BCUT2D eigenvalue weighted by atomic mass is 9.84. The van der Waals surface area contributed by atoms with Crippen molar-refractivity contribution in [3.05, 3.63) is 54.6 Å². The zero-order valence-corrected chi connectivity index (χ0v) is 11.1. The monoisotopic (exact) mass is 273 g/mol. The van der Waals surface area contributed by atoms with Crippen molar-refractivity contribution in [3.8, 4) is 0 Å². The van der Waals surface area contributed by atoms with Gasteiger partial charge in [-0.25, -0.2) is 0 Å². The quantitative estimate of drug-likeness (QED) is 0.772. The van der Waals surface area contributed by atoms with Crippen LogP contribution in [0.4, 0.5) is 0 Å². The fourth-order valence-electron chi connectivity index (χ4n) is 2.75. The molecule has 4 heteroatoms. The highest BCUT2D eigenvalue weighted by Gasteiger charge is 2.51. The molecular weight excluding hydrogens is 256 g/mol. The molecule has 4 nitrogen and oxygen atoms in total. The number of aliphatic hydroxyl groups is 3. The highest BCUT2D eigenvalue weighted by atomic mass is 16.5. The second kappa shape index (κ2) is 4.82. The molecule has 20 heavy (non-hydrogen) atoms. The van der Waals surface area contributed by atoms with E-state index in [0.717, 1.165) is 10.8 Å². The van der Waals surface area contributed by atoms with Crippen LogP contribution in [0.15, 0.2) is 42.5 Å². The van der Waals surface area contributed by atoms with Crippen LogP contribution in [0.25, 0.3) is 10.8 Å². The largest absolute Gasteiger partial charge is 0.391 e. The first-order valence-corrected chi connectivity index (χ1v) is 6.60. The second-order valence-electron chi connectivity index (χ2n) is 5.26. The molecule has 0 bridgehead atoms. The number of hydrogen-bond acceptors (Lipinski definition) is 4. The summed E-state index contributed by atoms with van der Waals surface area (Å²) in [6.45, 7) is 2.74. The maximum absolute atomic E-state index is 10.8. The van der Waals surface area contributed by atoms with Crippen molar-refractivity contribution < 1.29 is 20.1 Å². The Morgan fingerprint density at radius 3 is 2.55 bits per heavy atom. The van der Waals surface area contributed by atoms with Crippen molar-refractivity contribution >= 4 is 10.8 Å². The molecule has 2 aromatic rings. The lowest BCUT2D eigenvalue weighted by Gasteiger charge is -2.28. The van der Waals surface area contributed by atoms with Gasteiger partial charge < -0.3 is 20.1 Å². The topological polar surface area (TPSA) is 69.9 Å². The van der Waals surface area contributed by atoms with Crippen LogP contribution in [0, 0.1) is 6.61 Å². The van der Waals surface area contributed by atoms with E-state index in [1.165, 1.54) is 13.5 Å². The Labute approximate surface area is 117 Å². The molecule has 105 valence electrons. The maximum atomic E-state index is 10.8. The minimum Gasteiger partial charge on any atom is -0.391 e. The van der Waals surface area contributed by atoms with E-state index in [4.69, 9.17) is 4.74 Å². The molecule has 0 aromatic heterocycles. The lowest BCUT2D eigenvalue weighted by molar-refractivity contribution is -0.0704. The SMILES string of the molecule is CC(O)[C@H]1O[CH][C@@](O)(c2cccc3ccccc23)[C@@H]1O. The summed E-state index contributed by atoms with van der Waals surface area (Å²) in [5.41, 5.74) is -1.05. The zero-order chi connectivity index (χ0) is 14.3. The van der Waals surface area contributed by atoms with E-state index in [1.807, 2.05) is 36.4 Å². The Kier molecular flexibility index (Phi) is 3.26. The second-order valence-corrected chi connectivity index (χ2v) is 5.26. The summed E-state index contributed by atoms with van der Waals surface area (Å²) in [5, 5.41) is 32.6. The normalized spacial score (nSPS) is 31.6. The number of ether oxygens (including phenoxy) is 1. The third-order valence-corrected chi connectivity index (χ3v) is 3.86. The molecule has 1 radical (unpaired) electrons. The third-order valence-electron chi connectivity index (χ3n) is 3.86. The highest BCUT2D eigenvalue weighted by Crippen LogP contribution is 2.41. The molecule has 1 heterocycles. The molecule has 3 rings (SSSR count). The van der Waals surface area contributed by atoms with Crippen molar-refractivity contribution in [1.29, 1.82) is 0 Å². The predicted octanol–water partition coefficient (Wildman–Crippen LogP) is 1.33. The summed E-state index contributed by atoms with van der Waals surface area (Å²) >= 11 is 0. The van der Waals surface area contributed by atoms with Crippen molar-refractivity contribution in [2.75, 3.05) is 0 Å². The molecule has 1 saturated heterocycles. The minimum absolute atomic E-state index is 0.575. The third kappa shape index (κ3) is 1.93. The fraction of sp³-hybridized carbons (Fsp3) is 0.312. The summed E-state index contributed by atoms with van der Waals surface area (Å²) in [6.07, 6.45) is -2.92. The van der Waals surface area contributed by atoms with Gasteiger partial charge in [-0.3, -0.25) is 0 Å². The Morgan fingerprint density at radius 2 is 1.85 bits per heavy atom. The summed E-state index contributed by atoms with van der Waals surface area (Å²) in [5.74, 6) is 0. The van der Waals surface area contributed by atoms with Gasteiger partial charge in [0.25, 0.3) is 0 Å². The van der Waals surface area contributed by atoms with E-state index in [0.29, 0.717) is 5.56 Å². The number of aliphatic hydroxyl groups excluding tert-OH is 2. The predicted molar refractivity (Wildman–Crippen MR) is 74.7 cm³/mol. The molecule has 1 unspecified atom stereocenters. The molecule has 1 aliphatic rings. The summed E-state index contributed by atoms with van der Waals surface area (Å²) < 4.78 is 5.27. The molecule has 0 spiro atoms. The van der Waals surface area contributed by atoms with E-state index in [-0.39, 0.29) is 0 Å². The minimum atomic E-state index is -1.62. The van der Waals surface area contributed by atoms with Crippen LogP contribution in [-0.2, 0) is 10.3 Å². The summed E-state index contributed by atoms with van der Waals surface area (Å²) in [6, 6.07) is 13.2. The molecule has 4 atom stereocenters. The van der Waals surface area contributed by atoms with Gasteiger partial charge in [-0.1, -0.05) is 42.5 Å². The van der Waals surface area contributed by atoms with E-state index < -0.39 is 23.9 Å². The highest BCUT2D eigenvalue weighted by molar-refractivity contribution is 5.86. The van der Waals surface area contributed by atoms with Crippen molar-refractivity contribution in [1.82, 2.24) is 0 Å². The van der Waals surface area contributed by atoms with E-state index >= 15 is 0 Å². The van der Waals surface area contributed by atoms with Crippen LogP contribution in [0.3, 0.4) is 0 Å². The van der Waals surface area contributed by atoms with Gasteiger partial charge in [-0.15, -0.1) is 0 Å². The van der Waals surface area contributed by atoms with Gasteiger partial charge in [0, 0.05) is 0 Å².